The molecule has 2 amide bonds. The van der Waals surface area contributed by atoms with E-state index >= 15 is 0 Å². The van der Waals surface area contributed by atoms with Gasteiger partial charge < -0.3 is 15.0 Å². The van der Waals surface area contributed by atoms with Gasteiger partial charge in [-0.1, -0.05) is 0 Å². The van der Waals surface area contributed by atoms with Crippen molar-refractivity contribution in [2.75, 3.05) is 32.8 Å². The minimum absolute atomic E-state index is 0.0431. The number of nitrogens with one attached hydrogen (secondary N) is 1. The lowest BCUT2D eigenvalue weighted by Gasteiger charge is -2.32. The van der Waals surface area contributed by atoms with Crippen LogP contribution in [0.5, 0.6) is 0 Å². The van der Waals surface area contributed by atoms with Gasteiger partial charge in [0.05, 0.1) is 0 Å². The smallest absolute Gasteiger partial charge is 0.253 e. The number of nitrogens with zero attached hydrogens (tertiary/aromatic N) is 1. The lowest BCUT2D eigenvalue weighted by molar-refractivity contribution is -0.125. The summed E-state index contributed by atoms with van der Waals surface area (Å²) in [5.74, 6) is 0.0468. The van der Waals surface area contributed by atoms with Crippen LogP contribution in [0.1, 0.15) is 36.5 Å². The summed E-state index contributed by atoms with van der Waals surface area (Å²) in [6, 6.07) is 5.67. The first kappa shape index (κ1) is 18.4. The monoisotopic (exact) mass is 336 g/mol. The van der Waals surface area contributed by atoms with Crippen LogP contribution < -0.4 is 5.32 Å². The average Bonchev–Trinajstić information content (AvgIpc) is 2.60. The normalized spacial score (nSPS) is 15.3. The van der Waals surface area contributed by atoms with Crippen molar-refractivity contribution < 1.29 is 18.7 Å². The van der Waals surface area contributed by atoms with Gasteiger partial charge in [0.25, 0.3) is 5.91 Å². The molecule has 0 saturated carbocycles. The Morgan fingerprint density at radius 3 is 2.54 bits per heavy atom. The minimum Gasteiger partial charge on any atom is -0.372 e. The third-order valence-electron chi connectivity index (χ3n) is 4.30. The Hall–Kier alpha value is -1.95. The molecule has 1 aliphatic heterocycles. The van der Waals surface area contributed by atoms with E-state index in [9.17, 15) is 14.0 Å². The van der Waals surface area contributed by atoms with E-state index in [1.54, 1.807) is 0 Å². The largest absolute Gasteiger partial charge is 0.372 e. The van der Waals surface area contributed by atoms with Gasteiger partial charge in [0.15, 0.2) is 0 Å². The molecule has 0 aromatic heterocycles. The van der Waals surface area contributed by atoms with Crippen LogP contribution in [-0.2, 0) is 9.53 Å². The van der Waals surface area contributed by atoms with Crippen molar-refractivity contribution in [3.8, 4) is 0 Å². The maximum atomic E-state index is 12.9. The molecule has 5 nitrogen and oxygen atoms in total. The Morgan fingerprint density at radius 2 is 1.92 bits per heavy atom. The first-order valence-corrected chi connectivity index (χ1v) is 8.49. The van der Waals surface area contributed by atoms with E-state index in [0.717, 1.165) is 19.3 Å². The van der Waals surface area contributed by atoms with Crippen molar-refractivity contribution in [3.05, 3.63) is 35.6 Å². The number of carbonyl (C=O) groups is 2. The average molecular weight is 336 g/mol. The topological polar surface area (TPSA) is 58.6 Å². The molecule has 132 valence electrons. The van der Waals surface area contributed by atoms with Gasteiger partial charge >= 0.3 is 0 Å². The molecule has 1 heterocycles. The predicted molar refractivity (Wildman–Crippen MR) is 89.1 cm³/mol. The zero-order chi connectivity index (χ0) is 17.4. The van der Waals surface area contributed by atoms with Gasteiger partial charge in [0.2, 0.25) is 5.91 Å². The molecule has 2 rings (SSSR count). The van der Waals surface area contributed by atoms with Crippen LogP contribution in [0.25, 0.3) is 0 Å². The molecule has 0 bridgehead atoms. The second-order valence-electron chi connectivity index (χ2n) is 6.02. The quantitative estimate of drug-likeness (QED) is 0.831. The molecule has 0 spiro atoms. The number of amides is 2. The van der Waals surface area contributed by atoms with E-state index in [1.165, 1.54) is 24.3 Å². The third-order valence-corrected chi connectivity index (χ3v) is 4.30. The number of ether oxygens (including phenoxy) is 1. The molecule has 1 N–H and O–H groups in total. The summed E-state index contributed by atoms with van der Waals surface area (Å²) in [5.41, 5.74) is 0.526. The van der Waals surface area contributed by atoms with Crippen LogP contribution in [0.4, 0.5) is 4.39 Å². The Labute approximate surface area is 142 Å². The van der Waals surface area contributed by atoms with E-state index in [0.29, 0.717) is 37.7 Å². The molecule has 6 heteroatoms. The van der Waals surface area contributed by atoms with Crippen LogP contribution >= 0.6 is 0 Å². The van der Waals surface area contributed by atoms with Crippen LogP contribution in [0, 0.1) is 11.7 Å². The summed E-state index contributed by atoms with van der Waals surface area (Å²) in [6.07, 6.45) is 2.76. The summed E-state index contributed by atoms with van der Waals surface area (Å²) < 4.78 is 18.0. The molecule has 1 fully saturated rings. The SMILES string of the molecule is CCOCC(=O)NCCC1CCN(C(=O)c2ccc(F)cc2)CC1. The van der Waals surface area contributed by atoms with Gasteiger partial charge in [-0.25, -0.2) is 4.39 Å². The van der Waals surface area contributed by atoms with Crippen molar-refractivity contribution in [2.45, 2.75) is 26.2 Å². The molecular weight excluding hydrogens is 311 g/mol. The molecule has 1 aliphatic rings. The summed E-state index contributed by atoms with van der Waals surface area (Å²) in [4.78, 5) is 25.6. The molecule has 0 atom stereocenters. The lowest BCUT2D eigenvalue weighted by atomic mass is 9.93. The summed E-state index contributed by atoms with van der Waals surface area (Å²) in [7, 11) is 0. The second kappa shape index (κ2) is 9.37. The van der Waals surface area contributed by atoms with Crippen molar-refractivity contribution in [1.82, 2.24) is 10.2 Å². The number of benzene rings is 1. The van der Waals surface area contributed by atoms with E-state index in [1.807, 2.05) is 11.8 Å². The van der Waals surface area contributed by atoms with Gasteiger partial charge in [0.1, 0.15) is 12.4 Å². The zero-order valence-corrected chi connectivity index (χ0v) is 14.1. The standard InChI is InChI=1S/C18H25FN2O3/c1-2-24-13-17(22)20-10-7-14-8-11-21(12-9-14)18(23)15-3-5-16(19)6-4-15/h3-6,14H,2,7-13H2,1H3,(H,20,22). The highest BCUT2D eigenvalue weighted by molar-refractivity contribution is 5.94. The molecule has 1 aromatic carbocycles. The maximum absolute atomic E-state index is 12.9. The highest BCUT2D eigenvalue weighted by atomic mass is 19.1. The molecule has 0 unspecified atom stereocenters. The summed E-state index contributed by atoms with van der Waals surface area (Å²) >= 11 is 0. The van der Waals surface area contributed by atoms with E-state index in [-0.39, 0.29) is 24.2 Å². The molecule has 1 aromatic rings. The van der Waals surface area contributed by atoms with Crippen molar-refractivity contribution in [1.29, 1.82) is 0 Å². The van der Waals surface area contributed by atoms with Gasteiger partial charge in [-0.2, -0.15) is 0 Å². The highest BCUT2D eigenvalue weighted by Crippen LogP contribution is 2.21. The van der Waals surface area contributed by atoms with Crippen LogP contribution in [0.15, 0.2) is 24.3 Å². The Kier molecular flexibility index (Phi) is 7.18. The fourth-order valence-electron chi connectivity index (χ4n) is 2.86. The van der Waals surface area contributed by atoms with Gasteiger partial charge in [-0.3, -0.25) is 9.59 Å². The summed E-state index contributed by atoms with van der Waals surface area (Å²) in [5, 5.41) is 2.85. The van der Waals surface area contributed by atoms with Crippen LogP contribution in [-0.4, -0.2) is 49.6 Å². The molecule has 0 radical (unpaired) electrons. The van der Waals surface area contributed by atoms with Crippen LogP contribution in [0.3, 0.4) is 0 Å². The minimum atomic E-state index is -0.336. The first-order chi connectivity index (χ1) is 11.6. The number of carbonyl (C=O) groups excluding carboxylic acids is 2. The maximum Gasteiger partial charge on any atom is 0.253 e. The number of hydrogen-bond donors (Lipinski definition) is 1. The predicted octanol–water partition coefficient (Wildman–Crippen LogP) is 2.22. The number of likely N-dealkylation sites (tertiary alicyclic amines) is 1. The van der Waals surface area contributed by atoms with Crippen molar-refractivity contribution >= 4 is 11.8 Å². The number of rotatable bonds is 7. The lowest BCUT2D eigenvalue weighted by Crippen LogP contribution is -2.39. The number of piperidine rings is 1. The molecule has 0 aliphatic carbocycles. The van der Waals surface area contributed by atoms with Crippen molar-refractivity contribution in [3.63, 3.8) is 0 Å². The molecule has 24 heavy (non-hydrogen) atoms. The Morgan fingerprint density at radius 1 is 1.25 bits per heavy atom. The molecule has 1 saturated heterocycles. The van der Waals surface area contributed by atoms with Gasteiger partial charge in [-0.05, 0) is 56.4 Å². The molecular formula is C18H25FN2O3. The number of halogens is 1. The van der Waals surface area contributed by atoms with E-state index in [2.05, 4.69) is 5.32 Å². The number of hydrogen-bond acceptors (Lipinski definition) is 3. The third kappa shape index (κ3) is 5.60. The highest BCUT2D eigenvalue weighted by Gasteiger charge is 2.23. The first-order valence-electron chi connectivity index (χ1n) is 8.49. The zero-order valence-electron chi connectivity index (χ0n) is 14.1. The fourth-order valence-corrected chi connectivity index (χ4v) is 2.86. The van der Waals surface area contributed by atoms with E-state index < -0.39 is 0 Å². The van der Waals surface area contributed by atoms with Gasteiger partial charge in [0, 0.05) is 31.8 Å². The van der Waals surface area contributed by atoms with E-state index in [4.69, 9.17) is 4.74 Å². The second-order valence-corrected chi connectivity index (χ2v) is 6.02. The fraction of sp³-hybridized carbons (Fsp3) is 0.556. The Bertz CT molecular complexity index is 540. The van der Waals surface area contributed by atoms with Gasteiger partial charge in [-0.15, -0.1) is 0 Å². The summed E-state index contributed by atoms with van der Waals surface area (Å²) in [6.45, 7) is 4.55. The van der Waals surface area contributed by atoms with Crippen molar-refractivity contribution in [2.24, 2.45) is 5.92 Å². The van der Waals surface area contributed by atoms with Crippen LogP contribution in [0.2, 0.25) is 0 Å². The Balaban J connectivity index is 1.68.